The minimum atomic E-state index is 0.361. The van der Waals surface area contributed by atoms with Gasteiger partial charge in [0.1, 0.15) is 0 Å². The second kappa shape index (κ2) is 7.96. The SMILES string of the molecule is CC(Cc1ccc2c(c1)OCO2)CN1CCC(C2CCNCC2)CC1. The Balaban J connectivity index is 1.23. The van der Waals surface area contributed by atoms with Gasteiger partial charge < -0.3 is 19.7 Å². The molecule has 0 spiro atoms. The third-order valence-electron chi connectivity index (χ3n) is 6.27. The van der Waals surface area contributed by atoms with E-state index < -0.39 is 0 Å². The summed E-state index contributed by atoms with van der Waals surface area (Å²) in [4.78, 5) is 2.69. The van der Waals surface area contributed by atoms with Crippen molar-refractivity contribution in [3.05, 3.63) is 23.8 Å². The molecule has 138 valence electrons. The van der Waals surface area contributed by atoms with Crippen molar-refractivity contribution in [1.29, 1.82) is 0 Å². The quantitative estimate of drug-likeness (QED) is 0.889. The topological polar surface area (TPSA) is 33.7 Å². The highest BCUT2D eigenvalue weighted by atomic mass is 16.7. The number of fused-ring (bicyclic) bond motifs is 1. The Kier molecular flexibility index (Phi) is 5.47. The van der Waals surface area contributed by atoms with Crippen molar-refractivity contribution < 1.29 is 9.47 Å². The molecule has 1 atom stereocenters. The highest BCUT2D eigenvalue weighted by molar-refractivity contribution is 5.44. The predicted octanol–water partition coefficient (Wildman–Crippen LogP) is 3.31. The number of likely N-dealkylation sites (tertiary alicyclic amines) is 1. The summed E-state index contributed by atoms with van der Waals surface area (Å²) in [5.41, 5.74) is 1.36. The number of benzene rings is 1. The van der Waals surface area contributed by atoms with Gasteiger partial charge in [0, 0.05) is 6.54 Å². The Morgan fingerprint density at radius 2 is 1.76 bits per heavy atom. The van der Waals surface area contributed by atoms with Gasteiger partial charge >= 0.3 is 0 Å². The molecule has 4 nitrogen and oxygen atoms in total. The summed E-state index contributed by atoms with van der Waals surface area (Å²) in [7, 11) is 0. The third kappa shape index (κ3) is 4.29. The molecule has 1 N–H and O–H groups in total. The van der Waals surface area contributed by atoms with Gasteiger partial charge in [-0.2, -0.15) is 0 Å². The normalized spacial score (nSPS) is 23.7. The zero-order chi connectivity index (χ0) is 17.1. The Bertz CT molecular complexity index is 563. The fraction of sp³-hybridized carbons (Fsp3) is 0.714. The first-order valence-corrected chi connectivity index (χ1v) is 10.1. The van der Waals surface area contributed by atoms with Crippen LogP contribution < -0.4 is 14.8 Å². The molecule has 3 aliphatic rings. The summed E-state index contributed by atoms with van der Waals surface area (Å²) in [6, 6.07) is 6.39. The van der Waals surface area contributed by atoms with Crippen LogP contribution in [0.15, 0.2) is 18.2 Å². The van der Waals surface area contributed by atoms with Crippen molar-refractivity contribution >= 4 is 0 Å². The first-order chi connectivity index (χ1) is 12.3. The fourth-order valence-corrected chi connectivity index (χ4v) is 4.90. The lowest BCUT2D eigenvalue weighted by atomic mass is 9.79. The van der Waals surface area contributed by atoms with Crippen LogP contribution in [-0.2, 0) is 6.42 Å². The van der Waals surface area contributed by atoms with Crippen molar-refractivity contribution in [3.63, 3.8) is 0 Å². The molecule has 3 aliphatic heterocycles. The number of ether oxygens (including phenoxy) is 2. The van der Waals surface area contributed by atoms with Crippen LogP contribution >= 0.6 is 0 Å². The van der Waals surface area contributed by atoms with Gasteiger partial charge in [0.15, 0.2) is 11.5 Å². The first-order valence-electron chi connectivity index (χ1n) is 10.1. The standard InChI is InChI=1S/C21H32N2O2/c1-16(12-17-2-3-20-21(13-17)25-15-24-20)14-23-10-6-19(7-11-23)18-4-8-22-9-5-18/h2-3,13,16,18-19,22H,4-12,14-15H2,1H3. The van der Waals surface area contributed by atoms with Crippen LogP contribution in [0.25, 0.3) is 0 Å². The average molecular weight is 344 g/mol. The maximum atomic E-state index is 5.50. The molecule has 2 saturated heterocycles. The Morgan fingerprint density at radius 1 is 1.04 bits per heavy atom. The molecule has 4 rings (SSSR count). The lowest BCUT2D eigenvalue weighted by molar-refractivity contribution is 0.119. The van der Waals surface area contributed by atoms with Crippen molar-refractivity contribution in [2.75, 3.05) is 39.5 Å². The van der Waals surface area contributed by atoms with Crippen LogP contribution in [0.3, 0.4) is 0 Å². The zero-order valence-electron chi connectivity index (χ0n) is 15.5. The van der Waals surface area contributed by atoms with Gasteiger partial charge in [-0.25, -0.2) is 0 Å². The van der Waals surface area contributed by atoms with Crippen LogP contribution in [0.2, 0.25) is 0 Å². The maximum Gasteiger partial charge on any atom is 0.231 e. The van der Waals surface area contributed by atoms with Gasteiger partial charge in [0.05, 0.1) is 0 Å². The van der Waals surface area contributed by atoms with Crippen LogP contribution in [0.1, 0.15) is 38.2 Å². The van der Waals surface area contributed by atoms with Gasteiger partial charge in [-0.15, -0.1) is 0 Å². The number of rotatable bonds is 5. The minimum Gasteiger partial charge on any atom is -0.454 e. The van der Waals surface area contributed by atoms with E-state index in [0.29, 0.717) is 12.7 Å². The van der Waals surface area contributed by atoms with E-state index in [4.69, 9.17) is 9.47 Å². The summed E-state index contributed by atoms with van der Waals surface area (Å²) >= 11 is 0. The summed E-state index contributed by atoms with van der Waals surface area (Å²) in [5, 5.41) is 3.50. The number of hydrogen-bond acceptors (Lipinski definition) is 4. The van der Waals surface area contributed by atoms with Crippen molar-refractivity contribution in [2.24, 2.45) is 17.8 Å². The van der Waals surface area contributed by atoms with E-state index in [9.17, 15) is 0 Å². The fourth-order valence-electron chi connectivity index (χ4n) is 4.90. The summed E-state index contributed by atoms with van der Waals surface area (Å²) in [6.07, 6.45) is 6.71. The molecule has 0 radical (unpaired) electrons. The smallest absolute Gasteiger partial charge is 0.231 e. The van der Waals surface area contributed by atoms with E-state index in [1.807, 2.05) is 0 Å². The van der Waals surface area contributed by atoms with Crippen LogP contribution in [0, 0.1) is 17.8 Å². The highest BCUT2D eigenvalue weighted by Gasteiger charge is 2.28. The minimum absolute atomic E-state index is 0.361. The van der Waals surface area contributed by atoms with E-state index in [2.05, 4.69) is 35.3 Å². The number of hydrogen-bond donors (Lipinski definition) is 1. The second-order valence-electron chi connectivity index (χ2n) is 8.22. The molecule has 1 unspecified atom stereocenters. The molecule has 0 aliphatic carbocycles. The Hall–Kier alpha value is -1.26. The molecule has 25 heavy (non-hydrogen) atoms. The van der Waals surface area contributed by atoms with Gasteiger partial charge in [0.25, 0.3) is 0 Å². The number of piperidine rings is 2. The van der Waals surface area contributed by atoms with Gasteiger partial charge in [-0.1, -0.05) is 13.0 Å². The number of nitrogens with zero attached hydrogens (tertiary/aromatic N) is 1. The maximum absolute atomic E-state index is 5.50. The van der Waals surface area contributed by atoms with Gasteiger partial charge in [-0.3, -0.25) is 0 Å². The van der Waals surface area contributed by atoms with Crippen LogP contribution in [-0.4, -0.2) is 44.4 Å². The molecule has 4 heteroatoms. The summed E-state index contributed by atoms with van der Waals surface area (Å²) in [5.74, 6) is 4.43. The molecule has 3 heterocycles. The molecule has 0 saturated carbocycles. The van der Waals surface area contributed by atoms with E-state index in [-0.39, 0.29) is 0 Å². The summed E-state index contributed by atoms with van der Waals surface area (Å²) in [6.45, 7) is 9.01. The highest BCUT2D eigenvalue weighted by Crippen LogP contribution is 2.34. The van der Waals surface area contributed by atoms with Crippen LogP contribution in [0.5, 0.6) is 11.5 Å². The molecular weight excluding hydrogens is 312 g/mol. The monoisotopic (exact) mass is 344 g/mol. The predicted molar refractivity (Wildman–Crippen MR) is 100 cm³/mol. The van der Waals surface area contributed by atoms with E-state index >= 15 is 0 Å². The molecule has 0 aromatic heterocycles. The van der Waals surface area contributed by atoms with Gasteiger partial charge in [-0.05, 0) is 93.7 Å². The Labute approximate surface area is 151 Å². The molecule has 0 bridgehead atoms. The molecule has 0 amide bonds. The Morgan fingerprint density at radius 3 is 2.56 bits per heavy atom. The van der Waals surface area contributed by atoms with E-state index in [1.165, 1.54) is 64.0 Å². The molecule has 1 aromatic rings. The molecule has 2 fully saturated rings. The second-order valence-corrected chi connectivity index (χ2v) is 8.22. The first kappa shape index (κ1) is 17.2. The van der Waals surface area contributed by atoms with E-state index in [0.717, 1.165) is 29.8 Å². The zero-order valence-corrected chi connectivity index (χ0v) is 15.5. The average Bonchev–Trinajstić information content (AvgIpc) is 3.11. The van der Waals surface area contributed by atoms with Crippen molar-refractivity contribution in [1.82, 2.24) is 10.2 Å². The lowest BCUT2D eigenvalue weighted by Gasteiger charge is -2.38. The van der Waals surface area contributed by atoms with Gasteiger partial charge in [0.2, 0.25) is 6.79 Å². The molecular formula is C21H32N2O2. The largest absolute Gasteiger partial charge is 0.454 e. The number of nitrogens with one attached hydrogen (secondary N) is 1. The van der Waals surface area contributed by atoms with Crippen molar-refractivity contribution in [3.8, 4) is 11.5 Å². The van der Waals surface area contributed by atoms with Crippen LogP contribution in [0.4, 0.5) is 0 Å². The lowest BCUT2D eigenvalue weighted by Crippen LogP contribution is -2.41. The summed E-state index contributed by atoms with van der Waals surface area (Å²) < 4.78 is 10.9. The molecule has 1 aromatic carbocycles. The van der Waals surface area contributed by atoms with E-state index in [1.54, 1.807) is 0 Å². The third-order valence-corrected chi connectivity index (χ3v) is 6.27. The van der Waals surface area contributed by atoms with Crippen molar-refractivity contribution in [2.45, 2.75) is 39.0 Å².